The molecule has 4 nitrogen and oxygen atoms in total. The highest BCUT2D eigenvalue weighted by atomic mass is 16.3. The third kappa shape index (κ3) is 3.34. The highest BCUT2D eigenvalue weighted by Gasteiger charge is 2.27. The Bertz CT molecular complexity index is 364. The number of hydrogen-bond acceptors (Lipinski definition) is 4. The van der Waals surface area contributed by atoms with Crippen molar-refractivity contribution in [3.05, 3.63) is 23.7 Å². The van der Waals surface area contributed by atoms with Crippen LogP contribution in [-0.2, 0) is 13.0 Å². The van der Waals surface area contributed by atoms with Crippen molar-refractivity contribution in [1.82, 2.24) is 4.90 Å². The molecule has 0 bridgehead atoms. The van der Waals surface area contributed by atoms with Crippen LogP contribution in [0, 0.1) is 5.92 Å². The average molecular weight is 253 g/mol. The molecule has 1 aliphatic heterocycles. The van der Waals surface area contributed by atoms with E-state index < -0.39 is 6.10 Å². The zero-order valence-electron chi connectivity index (χ0n) is 11.0. The summed E-state index contributed by atoms with van der Waals surface area (Å²) in [5.74, 6) is 2.04. The van der Waals surface area contributed by atoms with E-state index in [2.05, 4.69) is 11.8 Å². The van der Waals surface area contributed by atoms with Gasteiger partial charge in [0, 0.05) is 25.5 Å². The Morgan fingerprint density at radius 1 is 1.39 bits per heavy atom. The van der Waals surface area contributed by atoms with E-state index in [4.69, 9.17) is 9.52 Å². The zero-order chi connectivity index (χ0) is 13.0. The minimum atomic E-state index is -0.422. The Morgan fingerprint density at radius 3 is 2.83 bits per heavy atom. The van der Waals surface area contributed by atoms with Crippen LogP contribution in [0.3, 0.4) is 0 Å². The van der Waals surface area contributed by atoms with Crippen molar-refractivity contribution in [2.75, 3.05) is 19.7 Å². The van der Waals surface area contributed by atoms with Crippen LogP contribution in [0.2, 0.25) is 0 Å². The molecule has 18 heavy (non-hydrogen) atoms. The van der Waals surface area contributed by atoms with E-state index in [1.165, 1.54) is 0 Å². The molecule has 2 atom stereocenters. The first kappa shape index (κ1) is 13.6. The SMILES string of the molecule is CCCc1ccc(CN2CC[C@H](CO)[C@@H](O)C2)o1. The van der Waals surface area contributed by atoms with Gasteiger partial charge in [-0.05, 0) is 31.5 Å². The second kappa shape index (κ2) is 6.36. The van der Waals surface area contributed by atoms with Crippen molar-refractivity contribution in [2.45, 2.75) is 38.8 Å². The molecule has 2 heterocycles. The van der Waals surface area contributed by atoms with Gasteiger partial charge in [-0.1, -0.05) is 6.92 Å². The van der Waals surface area contributed by atoms with Gasteiger partial charge < -0.3 is 14.6 Å². The van der Waals surface area contributed by atoms with Crippen molar-refractivity contribution < 1.29 is 14.6 Å². The van der Waals surface area contributed by atoms with Crippen LogP contribution in [0.5, 0.6) is 0 Å². The topological polar surface area (TPSA) is 56.8 Å². The molecule has 2 N–H and O–H groups in total. The number of aliphatic hydroxyl groups excluding tert-OH is 2. The van der Waals surface area contributed by atoms with Crippen LogP contribution in [0.1, 0.15) is 31.3 Å². The predicted octanol–water partition coefficient (Wildman–Crippen LogP) is 1.41. The largest absolute Gasteiger partial charge is 0.465 e. The smallest absolute Gasteiger partial charge is 0.118 e. The number of aryl methyl sites for hydroxylation is 1. The lowest BCUT2D eigenvalue weighted by Gasteiger charge is -2.34. The molecule has 0 radical (unpaired) electrons. The third-order valence-corrected chi connectivity index (χ3v) is 3.63. The molecule has 0 saturated carbocycles. The summed E-state index contributed by atoms with van der Waals surface area (Å²) in [5.41, 5.74) is 0. The van der Waals surface area contributed by atoms with Gasteiger partial charge in [0.05, 0.1) is 12.6 Å². The molecule has 1 aromatic rings. The number of hydrogen-bond donors (Lipinski definition) is 2. The van der Waals surface area contributed by atoms with Crippen LogP contribution < -0.4 is 0 Å². The van der Waals surface area contributed by atoms with E-state index in [1.54, 1.807) is 0 Å². The second-order valence-electron chi connectivity index (χ2n) is 5.15. The summed E-state index contributed by atoms with van der Waals surface area (Å²) < 4.78 is 5.74. The third-order valence-electron chi connectivity index (χ3n) is 3.63. The fourth-order valence-electron chi connectivity index (χ4n) is 2.51. The summed E-state index contributed by atoms with van der Waals surface area (Å²) in [5, 5.41) is 19.0. The Balaban J connectivity index is 1.86. The maximum atomic E-state index is 9.87. The van der Waals surface area contributed by atoms with Gasteiger partial charge in [-0.15, -0.1) is 0 Å². The number of β-amino-alcohol motifs (C(OH)–C–C–N with tert-alkyl or cyclic N) is 1. The van der Waals surface area contributed by atoms with Gasteiger partial charge in [-0.3, -0.25) is 4.90 Å². The van der Waals surface area contributed by atoms with Crippen LogP contribution in [0.25, 0.3) is 0 Å². The number of piperidine rings is 1. The summed E-state index contributed by atoms with van der Waals surface area (Å²) >= 11 is 0. The van der Waals surface area contributed by atoms with Crippen LogP contribution in [0.4, 0.5) is 0 Å². The van der Waals surface area contributed by atoms with Crippen molar-refractivity contribution in [3.8, 4) is 0 Å². The molecular formula is C14H23NO3. The molecule has 4 heteroatoms. The second-order valence-corrected chi connectivity index (χ2v) is 5.15. The summed E-state index contributed by atoms with van der Waals surface area (Å²) in [6, 6.07) is 4.06. The van der Waals surface area contributed by atoms with Crippen molar-refractivity contribution in [2.24, 2.45) is 5.92 Å². The maximum absolute atomic E-state index is 9.87. The van der Waals surface area contributed by atoms with Gasteiger partial charge in [0.1, 0.15) is 11.5 Å². The number of furan rings is 1. The van der Waals surface area contributed by atoms with Gasteiger partial charge in [0.15, 0.2) is 0 Å². The molecule has 0 aliphatic carbocycles. The molecule has 0 aromatic carbocycles. The molecule has 2 rings (SSSR count). The quantitative estimate of drug-likeness (QED) is 0.833. The molecule has 0 amide bonds. The van der Waals surface area contributed by atoms with Crippen LogP contribution >= 0.6 is 0 Å². The molecule has 1 fully saturated rings. The normalized spacial score (nSPS) is 25.5. The monoisotopic (exact) mass is 253 g/mol. The fraction of sp³-hybridized carbons (Fsp3) is 0.714. The van der Waals surface area contributed by atoms with Crippen molar-refractivity contribution in [3.63, 3.8) is 0 Å². The van der Waals surface area contributed by atoms with E-state index in [0.29, 0.717) is 6.54 Å². The van der Waals surface area contributed by atoms with Gasteiger partial charge in [0.2, 0.25) is 0 Å². The summed E-state index contributed by atoms with van der Waals surface area (Å²) in [4.78, 5) is 2.19. The Morgan fingerprint density at radius 2 is 2.17 bits per heavy atom. The first-order chi connectivity index (χ1) is 8.72. The van der Waals surface area contributed by atoms with E-state index in [0.717, 1.165) is 43.9 Å². The average Bonchev–Trinajstić information content (AvgIpc) is 2.77. The lowest BCUT2D eigenvalue weighted by Crippen LogP contribution is -2.44. The maximum Gasteiger partial charge on any atom is 0.118 e. The first-order valence-corrected chi connectivity index (χ1v) is 6.81. The summed E-state index contributed by atoms with van der Waals surface area (Å²) in [6.07, 6.45) is 2.50. The summed E-state index contributed by atoms with van der Waals surface area (Å²) in [7, 11) is 0. The first-order valence-electron chi connectivity index (χ1n) is 6.81. The van der Waals surface area contributed by atoms with Gasteiger partial charge in [-0.25, -0.2) is 0 Å². The fourth-order valence-corrected chi connectivity index (χ4v) is 2.51. The lowest BCUT2D eigenvalue weighted by atomic mass is 9.95. The van der Waals surface area contributed by atoms with E-state index in [9.17, 15) is 5.11 Å². The number of likely N-dealkylation sites (tertiary alicyclic amines) is 1. The zero-order valence-corrected chi connectivity index (χ0v) is 11.0. The highest BCUT2D eigenvalue weighted by Crippen LogP contribution is 2.20. The number of nitrogens with zero attached hydrogens (tertiary/aromatic N) is 1. The van der Waals surface area contributed by atoms with E-state index >= 15 is 0 Å². The van der Waals surface area contributed by atoms with Gasteiger partial charge in [0.25, 0.3) is 0 Å². The van der Waals surface area contributed by atoms with Gasteiger partial charge in [-0.2, -0.15) is 0 Å². The van der Waals surface area contributed by atoms with E-state index in [-0.39, 0.29) is 12.5 Å². The Labute approximate surface area is 108 Å². The van der Waals surface area contributed by atoms with Crippen LogP contribution in [-0.4, -0.2) is 40.9 Å². The minimum Gasteiger partial charge on any atom is -0.465 e. The molecular weight excluding hydrogens is 230 g/mol. The number of rotatable bonds is 5. The molecule has 1 aliphatic rings. The minimum absolute atomic E-state index is 0.0357. The Kier molecular flexibility index (Phi) is 4.80. The Hall–Kier alpha value is -0.840. The van der Waals surface area contributed by atoms with Gasteiger partial charge >= 0.3 is 0 Å². The number of aliphatic hydroxyl groups is 2. The van der Waals surface area contributed by atoms with Crippen molar-refractivity contribution in [1.29, 1.82) is 0 Å². The molecule has 1 aromatic heterocycles. The molecule has 102 valence electrons. The molecule has 1 saturated heterocycles. The molecule has 0 unspecified atom stereocenters. The summed E-state index contributed by atoms with van der Waals surface area (Å²) in [6.45, 7) is 4.49. The standard InChI is InChI=1S/C14H23NO3/c1-2-3-12-4-5-13(18-12)8-15-7-6-11(10-16)14(17)9-15/h4-5,11,14,16-17H,2-3,6-10H2,1H3/t11-,14+/m1/s1. The highest BCUT2D eigenvalue weighted by molar-refractivity contribution is 5.07. The van der Waals surface area contributed by atoms with Crippen LogP contribution in [0.15, 0.2) is 16.5 Å². The van der Waals surface area contributed by atoms with Crippen molar-refractivity contribution >= 4 is 0 Å². The lowest BCUT2D eigenvalue weighted by molar-refractivity contribution is -0.00628. The predicted molar refractivity (Wildman–Crippen MR) is 69.2 cm³/mol. The van der Waals surface area contributed by atoms with E-state index in [1.807, 2.05) is 12.1 Å². The molecule has 0 spiro atoms.